The number of rotatable bonds is 7. The first kappa shape index (κ1) is 27.0. The van der Waals surface area contributed by atoms with Crippen LogP contribution in [-0.2, 0) is 23.7 Å². The van der Waals surface area contributed by atoms with Gasteiger partial charge >= 0.3 is 0 Å². The number of carbonyl (C=O) groups is 2. The predicted molar refractivity (Wildman–Crippen MR) is 168 cm³/mol. The molecule has 3 heteroatoms. The van der Waals surface area contributed by atoms with Gasteiger partial charge < -0.3 is 0 Å². The Balaban J connectivity index is 1.41. The van der Waals surface area contributed by atoms with Gasteiger partial charge in [0, 0.05) is 28.3 Å². The van der Waals surface area contributed by atoms with Crippen molar-refractivity contribution < 1.29 is 9.59 Å². The zero-order valence-corrected chi connectivity index (χ0v) is 24.5. The van der Waals surface area contributed by atoms with E-state index in [2.05, 4.69) is 93.6 Å². The summed E-state index contributed by atoms with van der Waals surface area (Å²) in [5.74, 6) is 0.497. The third-order valence-corrected chi connectivity index (χ3v) is 10.2. The van der Waals surface area contributed by atoms with Crippen molar-refractivity contribution in [1.82, 2.24) is 0 Å². The summed E-state index contributed by atoms with van der Waals surface area (Å²) in [4.78, 5) is 30.3. The Morgan fingerprint density at radius 2 is 1.24 bits per heavy atom. The number of hydrogen-bond donors (Lipinski definition) is 0. The van der Waals surface area contributed by atoms with Crippen LogP contribution in [0.2, 0.25) is 0 Å². The quantitative estimate of drug-likeness (QED) is 0.146. The first-order chi connectivity index (χ1) is 19.9. The Morgan fingerprint density at radius 1 is 0.683 bits per heavy atom. The molecule has 0 spiro atoms. The molecule has 0 heterocycles. The lowest BCUT2D eigenvalue weighted by Crippen LogP contribution is -2.17. The molecule has 0 N–H and O–H groups in total. The fraction of sp³-hybridized carbons (Fsp3) is 0.158. The van der Waals surface area contributed by atoms with E-state index in [4.69, 9.17) is 0 Å². The van der Waals surface area contributed by atoms with Gasteiger partial charge in [-0.25, -0.2) is 0 Å². The lowest BCUT2D eigenvalue weighted by molar-refractivity contribution is 0.102. The van der Waals surface area contributed by atoms with Crippen LogP contribution in [0.15, 0.2) is 130 Å². The zero-order valence-electron chi connectivity index (χ0n) is 23.7. The second-order valence-electron chi connectivity index (χ2n) is 10.9. The highest BCUT2D eigenvalue weighted by Crippen LogP contribution is 2.36. The maximum atomic E-state index is 13.8. The van der Waals surface area contributed by atoms with E-state index in [1.807, 2.05) is 42.5 Å². The van der Waals surface area contributed by atoms with Crippen LogP contribution in [0.1, 0.15) is 80.8 Å². The van der Waals surface area contributed by atoms with Gasteiger partial charge in [0.1, 0.15) is 0 Å². The highest BCUT2D eigenvalue weighted by atomic mass is 32.2. The Labute approximate surface area is 245 Å². The normalized spacial score (nSPS) is 13.0. The average molecular weight is 554 g/mol. The third kappa shape index (κ3) is 5.30. The van der Waals surface area contributed by atoms with E-state index < -0.39 is 10.9 Å². The number of hydrogen-bond acceptors (Lipinski definition) is 2. The summed E-state index contributed by atoms with van der Waals surface area (Å²) in [6.45, 7) is 6.49. The number of ketones is 2. The largest absolute Gasteiger partial charge is 0.289 e. The summed E-state index contributed by atoms with van der Waals surface area (Å²) >= 11 is 0. The van der Waals surface area contributed by atoms with Crippen molar-refractivity contribution in [2.24, 2.45) is 0 Å². The average Bonchev–Trinajstić information content (AvgIpc) is 3.02. The first-order valence-electron chi connectivity index (χ1n) is 14.3. The van der Waals surface area contributed by atoms with Gasteiger partial charge in [-0.05, 0) is 89.5 Å². The topological polar surface area (TPSA) is 34.1 Å². The van der Waals surface area contributed by atoms with E-state index in [1.165, 1.54) is 16.0 Å². The smallest absolute Gasteiger partial charge is 0.193 e. The first-order valence-corrected chi connectivity index (χ1v) is 15.5. The Bertz CT molecular complexity index is 1730. The van der Waals surface area contributed by atoms with E-state index in [9.17, 15) is 9.59 Å². The maximum absolute atomic E-state index is 13.8. The summed E-state index contributed by atoms with van der Waals surface area (Å²) in [6, 6.07) is 39.0. The fourth-order valence-electron chi connectivity index (χ4n) is 5.49. The molecule has 0 amide bonds. The van der Waals surface area contributed by atoms with Gasteiger partial charge in [0.25, 0.3) is 0 Å². The summed E-state index contributed by atoms with van der Waals surface area (Å²) in [5, 5.41) is 0. The molecule has 0 aliphatic heterocycles. The minimum Gasteiger partial charge on any atom is -0.289 e. The minimum absolute atomic E-state index is 0.0168. The highest BCUT2D eigenvalue weighted by molar-refractivity contribution is 7.97. The van der Waals surface area contributed by atoms with E-state index in [0.29, 0.717) is 17.0 Å². The second kappa shape index (κ2) is 11.3. The van der Waals surface area contributed by atoms with Crippen LogP contribution in [-0.4, -0.2) is 11.6 Å². The van der Waals surface area contributed by atoms with Crippen molar-refractivity contribution in [3.8, 4) is 0 Å². The van der Waals surface area contributed by atoms with Crippen molar-refractivity contribution in [2.75, 3.05) is 0 Å². The molecule has 202 valence electrons. The second-order valence-corrected chi connectivity index (χ2v) is 12.9. The minimum atomic E-state index is -0.437. The molecule has 0 radical (unpaired) electrons. The lowest BCUT2D eigenvalue weighted by atomic mass is 9.83. The molecule has 5 aromatic carbocycles. The number of fused-ring (bicyclic) bond motifs is 2. The molecule has 0 bridgehead atoms. The Morgan fingerprint density at radius 3 is 1.88 bits per heavy atom. The van der Waals surface area contributed by atoms with Crippen LogP contribution in [0, 0.1) is 0 Å². The van der Waals surface area contributed by atoms with Gasteiger partial charge in [-0.2, -0.15) is 0 Å². The molecular weight excluding hydrogens is 520 g/mol. The molecule has 1 aliphatic carbocycles. The molecule has 0 aromatic heterocycles. The number of benzene rings is 5. The molecule has 5 aromatic rings. The monoisotopic (exact) mass is 553 g/mol. The molecule has 0 fully saturated rings. The fourth-order valence-corrected chi connectivity index (χ4v) is 7.56. The van der Waals surface area contributed by atoms with Crippen LogP contribution in [0.3, 0.4) is 0 Å². The van der Waals surface area contributed by atoms with E-state index in [1.54, 1.807) is 0 Å². The molecule has 6 rings (SSSR count). The van der Waals surface area contributed by atoms with Crippen LogP contribution in [0.4, 0.5) is 0 Å². The van der Waals surface area contributed by atoms with Crippen molar-refractivity contribution in [3.05, 3.63) is 160 Å². The molecule has 1 atom stereocenters. The zero-order chi connectivity index (χ0) is 28.5. The molecule has 0 saturated heterocycles. The van der Waals surface area contributed by atoms with Gasteiger partial charge in [-0.3, -0.25) is 9.59 Å². The van der Waals surface area contributed by atoms with Crippen LogP contribution in [0.25, 0.3) is 0 Å². The SMILES string of the molecule is CCc1ccc([S+](c2ccc(C(=O)c3ccccc3)cc2)c2ccc3c(c2)C(=O)c2cc(C(C)C)ccc2C3)cc1. The maximum Gasteiger partial charge on any atom is 0.193 e. The third-order valence-electron chi connectivity index (χ3n) is 7.94. The molecule has 1 aliphatic rings. The number of aryl methyl sites for hydroxylation is 1. The predicted octanol–water partition coefficient (Wildman–Crippen LogP) is 8.83. The van der Waals surface area contributed by atoms with Crippen LogP contribution < -0.4 is 0 Å². The van der Waals surface area contributed by atoms with E-state index in [-0.39, 0.29) is 11.6 Å². The van der Waals surface area contributed by atoms with E-state index in [0.717, 1.165) is 44.9 Å². The molecule has 41 heavy (non-hydrogen) atoms. The van der Waals surface area contributed by atoms with Gasteiger partial charge in [0.2, 0.25) is 0 Å². The Hall–Kier alpha value is -4.21. The molecule has 0 saturated carbocycles. The molecule has 1 unspecified atom stereocenters. The molecule has 2 nitrogen and oxygen atoms in total. The van der Waals surface area contributed by atoms with Crippen molar-refractivity contribution in [3.63, 3.8) is 0 Å². The van der Waals surface area contributed by atoms with Gasteiger partial charge in [-0.15, -0.1) is 0 Å². The highest BCUT2D eigenvalue weighted by Gasteiger charge is 2.32. The summed E-state index contributed by atoms with van der Waals surface area (Å²) in [6.07, 6.45) is 1.75. The standard InChI is InChI=1S/C38H33O2S/c1-4-26-10-17-32(18-11-26)41(33-19-14-28(15-20-33)37(39)27-8-6-5-7-9-27)34-21-16-31-22-30-13-12-29(25(2)3)23-35(30)38(40)36(31)24-34/h5-21,23-25H,4,22H2,1-3H3/q+1. The molecular formula is C38H33O2S+. The van der Waals surface area contributed by atoms with Gasteiger partial charge in [0.05, 0.1) is 10.9 Å². The summed E-state index contributed by atoms with van der Waals surface area (Å²) in [7, 11) is -0.437. The Kier molecular flexibility index (Phi) is 7.47. The van der Waals surface area contributed by atoms with Crippen LogP contribution >= 0.6 is 0 Å². The van der Waals surface area contributed by atoms with Gasteiger partial charge in [-0.1, -0.05) is 81.4 Å². The lowest BCUT2D eigenvalue weighted by Gasteiger charge is -2.21. The summed E-state index contributed by atoms with van der Waals surface area (Å²) in [5.41, 5.74) is 7.65. The van der Waals surface area contributed by atoms with Gasteiger partial charge in [0.15, 0.2) is 26.3 Å². The van der Waals surface area contributed by atoms with Crippen molar-refractivity contribution in [2.45, 2.75) is 54.2 Å². The van der Waals surface area contributed by atoms with Crippen LogP contribution in [0.5, 0.6) is 0 Å². The van der Waals surface area contributed by atoms with Crippen molar-refractivity contribution >= 4 is 22.5 Å². The van der Waals surface area contributed by atoms with Crippen molar-refractivity contribution in [1.29, 1.82) is 0 Å². The van der Waals surface area contributed by atoms with E-state index >= 15 is 0 Å². The number of carbonyl (C=O) groups excluding carboxylic acids is 2. The summed E-state index contributed by atoms with van der Waals surface area (Å²) < 4.78 is 0.